The van der Waals surface area contributed by atoms with E-state index in [0.29, 0.717) is 5.82 Å². The van der Waals surface area contributed by atoms with Crippen LogP contribution in [0.5, 0.6) is 0 Å². The molecule has 0 atom stereocenters. The topological polar surface area (TPSA) is 72.3 Å². The van der Waals surface area contributed by atoms with Crippen molar-refractivity contribution in [2.75, 3.05) is 0 Å². The summed E-state index contributed by atoms with van der Waals surface area (Å²) >= 11 is 0. The van der Waals surface area contributed by atoms with Crippen molar-refractivity contribution in [3.8, 4) is 28.3 Å². The quantitative estimate of drug-likeness (QED) is 0.406. The molecule has 0 fully saturated rings. The lowest BCUT2D eigenvalue weighted by Gasteiger charge is -2.10. The fourth-order valence-electron chi connectivity index (χ4n) is 4.11. The Morgan fingerprint density at radius 3 is 2.35 bits per heavy atom. The number of benzene rings is 4. The molecule has 0 saturated carbocycles. The van der Waals surface area contributed by atoms with E-state index in [9.17, 15) is 0 Å². The third kappa shape index (κ3) is 2.97. The summed E-state index contributed by atoms with van der Waals surface area (Å²) in [4.78, 5) is 0. The molecule has 6 nitrogen and oxygen atoms in total. The Morgan fingerprint density at radius 2 is 1.52 bits per heavy atom. The number of aromatic nitrogens is 6. The number of H-pyrrole nitrogens is 1. The Hall–Kier alpha value is -4.32. The maximum absolute atomic E-state index is 4.75. The largest absolute Gasteiger partial charge is 0.233 e. The molecular formula is C25H18N6. The lowest BCUT2D eigenvalue weighted by Crippen LogP contribution is -1.99. The summed E-state index contributed by atoms with van der Waals surface area (Å²) in [6.45, 7) is 2.02. The molecule has 2 heterocycles. The smallest absolute Gasteiger partial charge is 0.204 e. The zero-order valence-electron chi connectivity index (χ0n) is 16.8. The molecule has 31 heavy (non-hydrogen) atoms. The number of hydrogen-bond acceptors (Lipinski definition) is 4. The van der Waals surface area contributed by atoms with Gasteiger partial charge >= 0.3 is 0 Å². The van der Waals surface area contributed by atoms with Crippen molar-refractivity contribution in [3.05, 3.63) is 90.6 Å². The lowest BCUT2D eigenvalue weighted by atomic mass is 9.99. The molecule has 0 aliphatic rings. The Kier molecular flexibility index (Phi) is 3.89. The van der Waals surface area contributed by atoms with Gasteiger partial charge in [0.05, 0.1) is 17.1 Å². The number of nitrogens with zero attached hydrogens (tertiary/aromatic N) is 5. The highest BCUT2D eigenvalue weighted by atomic mass is 15.5. The minimum absolute atomic E-state index is 0.574. The Morgan fingerprint density at radius 1 is 0.742 bits per heavy atom. The van der Waals surface area contributed by atoms with Crippen LogP contribution >= 0.6 is 0 Å². The third-order valence-corrected chi connectivity index (χ3v) is 5.59. The fraction of sp³-hybridized carbons (Fsp3) is 0.0400. The maximum Gasteiger partial charge on any atom is 0.204 e. The van der Waals surface area contributed by atoms with Gasteiger partial charge in [-0.2, -0.15) is 10.3 Å². The van der Waals surface area contributed by atoms with Crippen LogP contribution in [-0.2, 0) is 0 Å². The van der Waals surface area contributed by atoms with Gasteiger partial charge in [0.2, 0.25) is 5.82 Å². The number of rotatable bonds is 3. The summed E-state index contributed by atoms with van der Waals surface area (Å²) in [6, 6.07) is 29.6. The molecule has 0 unspecified atom stereocenters. The number of aromatic amines is 1. The molecule has 0 spiro atoms. The second kappa shape index (κ2) is 6.88. The van der Waals surface area contributed by atoms with Crippen LogP contribution in [0.15, 0.2) is 84.9 Å². The van der Waals surface area contributed by atoms with Crippen molar-refractivity contribution >= 4 is 21.5 Å². The second-order valence-corrected chi connectivity index (χ2v) is 7.59. The van der Waals surface area contributed by atoms with Crippen LogP contribution in [0.1, 0.15) is 5.69 Å². The van der Waals surface area contributed by atoms with Gasteiger partial charge in [0.1, 0.15) is 0 Å². The van der Waals surface area contributed by atoms with Crippen molar-refractivity contribution in [1.82, 2.24) is 30.4 Å². The molecule has 0 saturated heterocycles. The van der Waals surface area contributed by atoms with Crippen molar-refractivity contribution in [1.29, 1.82) is 0 Å². The molecule has 0 bridgehead atoms. The van der Waals surface area contributed by atoms with E-state index in [1.54, 1.807) is 0 Å². The van der Waals surface area contributed by atoms with Crippen molar-refractivity contribution in [2.45, 2.75) is 6.92 Å². The number of tetrazole rings is 1. The number of nitrogens with one attached hydrogen (secondary N) is 1. The van der Waals surface area contributed by atoms with Crippen molar-refractivity contribution in [3.63, 3.8) is 0 Å². The Labute approximate surface area is 178 Å². The molecule has 0 aliphatic heterocycles. The SMILES string of the molecule is Cc1cc(-c2ccc3c(ccc4ccccc43)c2)n(-c2ccc(-c3nn[nH]n3)cc2)n1. The molecular weight excluding hydrogens is 384 g/mol. The van der Waals surface area contributed by atoms with Crippen LogP contribution in [0.2, 0.25) is 0 Å². The zero-order valence-corrected chi connectivity index (χ0v) is 16.8. The minimum Gasteiger partial charge on any atom is -0.233 e. The highest BCUT2D eigenvalue weighted by molar-refractivity contribution is 6.08. The average molecular weight is 402 g/mol. The molecule has 1 N–H and O–H groups in total. The first kappa shape index (κ1) is 17.5. The summed E-state index contributed by atoms with van der Waals surface area (Å²) < 4.78 is 1.98. The Balaban J connectivity index is 1.46. The monoisotopic (exact) mass is 402 g/mol. The minimum atomic E-state index is 0.574. The van der Waals surface area contributed by atoms with E-state index in [1.165, 1.54) is 21.5 Å². The first-order valence-corrected chi connectivity index (χ1v) is 10.1. The van der Waals surface area contributed by atoms with E-state index < -0.39 is 0 Å². The van der Waals surface area contributed by atoms with Gasteiger partial charge in [-0.1, -0.05) is 48.5 Å². The van der Waals surface area contributed by atoms with Crippen LogP contribution in [0.3, 0.4) is 0 Å². The van der Waals surface area contributed by atoms with E-state index in [-0.39, 0.29) is 0 Å². The van der Waals surface area contributed by atoms with E-state index in [1.807, 2.05) is 35.9 Å². The fourth-order valence-corrected chi connectivity index (χ4v) is 4.11. The lowest BCUT2D eigenvalue weighted by molar-refractivity contribution is 0.869. The summed E-state index contributed by atoms with van der Waals surface area (Å²) in [5.74, 6) is 0.574. The maximum atomic E-state index is 4.75. The van der Waals surface area contributed by atoms with Gasteiger partial charge in [-0.3, -0.25) is 0 Å². The van der Waals surface area contributed by atoms with Crippen LogP contribution in [0.4, 0.5) is 0 Å². The second-order valence-electron chi connectivity index (χ2n) is 7.59. The number of hydrogen-bond donors (Lipinski definition) is 1. The van der Waals surface area contributed by atoms with Crippen LogP contribution < -0.4 is 0 Å². The summed E-state index contributed by atoms with van der Waals surface area (Å²) in [5, 5.41) is 23.9. The summed E-state index contributed by atoms with van der Waals surface area (Å²) in [5.41, 5.74) is 5.04. The van der Waals surface area contributed by atoms with Gasteiger partial charge in [0.25, 0.3) is 0 Å². The molecule has 4 aromatic carbocycles. The van der Waals surface area contributed by atoms with Crippen molar-refractivity contribution < 1.29 is 0 Å². The van der Waals surface area contributed by atoms with E-state index in [4.69, 9.17) is 5.10 Å². The van der Waals surface area contributed by atoms with E-state index in [0.717, 1.165) is 28.2 Å². The molecule has 0 aliphatic carbocycles. The summed E-state index contributed by atoms with van der Waals surface area (Å²) in [7, 11) is 0. The highest BCUT2D eigenvalue weighted by Gasteiger charge is 2.12. The molecule has 2 aromatic heterocycles. The van der Waals surface area contributed by atoms with Gasteiger partial charge in [-0.15, -0.1) is 10.2 Å². The molecule has 6 heteroatoms. The third-order valence-electron chi connectivity index (χ3n) is 5.59. The van der Waals surface area contributed by atoms with Gasteiger partial charge in [0, 0.05) is 11.1 Å². The summed E-state index contributed by atoms with van der Waals surface area (Å²) in [6.07, 6.45) is 0. The Bertz CT molecular complexity index is 1530. The van der Waals surface area contributed by atoms with E-state index in [2.05, 4.69) is 81.3 Å². The predicted molar refractivity (Wildman–Crippen MR) is 122 cm³/mol. The normalized spacial score (nSPS) is 11.4. The average Bonchev–Trinajstić information content (AvgIpc) is 3.49. The van der Waals surface area contributed by atoms with Gasteiger partial charge in [-0.05, 0) is 70.1 Å². The molecule has 6 rings (SSSR count). The first-order chi connectivity index (χ1) is 15.3. The molecule has 6 aromatic rings. The highest BCUT2D eigenvalue weighted by Crippen LogP contribution is 2.31. The van der Waals surface area contributed by atoms with Gasteiger partial charge < -0.3 is 0 Å². The van der Waals surface area contributed by atoms with Gasteiger partial charge in [-0.25, -0.2) is 4.68 Å². The number of fused-ring (bicyclic) bond motifs is 3. The molecule has 0 radical (unpaired) electrons. The van der Waals surface area contributed by atoms with Crippen molar-refractivity contribution in [2.24, 2.45) is 0 Å². The first-order valence-electron chi connectivity index (χ1n) is 10.1. The standard InChI is InChI=1S/C25H18N6/c1-16-14-24(31(28-16)21-11-8-18(9-12-21)25-26-29-30-27-25)20-10-13-23-19(15-20)7-6-17-4-2-3-5-22(17)23/h2-15H,1H3,(H,26,27,29,30). The van der Waals surface area contributed by atoms with E-state index >= 15 is 0 Å². The van der Waals surface area contributed by atoms with Crippen LogP contribution in [0.25, 0.3) is 49.9 Å². The van der Waals surface area contributed by atoms with Gasteiger partial charge in [0.15, 0.2) is 0 Å². The predicted octanol–water partition coefficient (Wildman–Crippen LogP) is 5.33. The van der Waals surface area contributed by atoms with Crippen LogP contribution in [-0.4, -0.2) is 30.4 Å². The molecule has 148 valence electrons. The van der Waals surface area contributed by atoms with Crippen LogP contribution in [0, 0.1) is 6.92 Å². The molecule has 0 amide bonds. The zero-order chi connectivity index (χ0) is 20.8. The number of aryl methyl sites for hydroxylation is 1.